The zero-order valence-corrected chi connectivity index (χ0v) is 9.31. The van der Waals surface area contributed by atoms with Crippen LogP contribution in [0.25, 0.3) is 0 Å². The van der Waals surface area contributed by atoms with Crippen molar-refractivity contribution >= 4 is 48.1 Å². The third-order valence-corrected chi connectivity index (χ3v) is 0. The van der Waals surface area contributed by atoms with Crippen LogP contribution < -0.4 is 0 Å². The Morgan fingerprint density at radius 1 is 0.286 bits per heavy atom. The molecule has 0 fully saturated rings. The van der Waals surface area contributed by atoms with Crippen molar-refractivity contribution < 1.29 is 79.1 Å². The maximum atomic E-state index is 7.17. The van der Waals surface area contributed by atoms with Crippen LogP contribution in [0.15, 0.2) is 0 Å². The topological polar surface area (TPSA) is 243 Å². The molecule has 21 heavy (non-hydrogen) atoms. The van der Waals surface area contributed by atoms with E-state index < -0.39 is 29.3 Å². The number of hydrogen-bond donors (Lipinski definition) is 12. The predicted octanol–water partition coefficient (Wildman–Crippen LogP) is -8.25. The third-order valence-electron chi connectivity index (χ3n) is 0. The van der Waals surface area contributed by atoms with Crippen molar-refractivity contribution in [2.45, 2.75) is 0 Å². The van der Waals surface area contributed by atoms with Crippen LogP contribution in [0.5, 0.6) is 0 Å². The van der Waals surface area contributed by atoms with E-state index in [4.69, 9.17) is 60.3 Å². The first-order valence-electron chi connectivity index (χ1n) is 3.10. The van der Waals surface area contributed by atoms with E-state index in [-0.39, 0.29) is 37.7 Å². The van der Waals surface area contributed by atoms with Gasteiger partial charge >= 0.3 is 48.1 Å². The van der Waals surface area contributed by atoms with Crippen molar-refractivity contribution in [3.63, 3.8) is 0 Å². The fourth-order valence-corrected chi connectivity index (χ4v) is 0. The van der Waals surface area contributed by atoms with E-state index >= 15 is 0 Å². The molecule has 0 saturated carbocycles. The summed E-state index contributed by atoms with van der Waals surface area (Å²) in [5, 5.41) is 86.0. The van der Waals surface area contributed by atoms with Crippen molar-refractivity contribution in [1.29, 1.82) is 0 Å². The first-order chi connectivity index (χ1) is 6.93. The van der Waals surface area contributed by atoms with Crippen LogP contribution in [-0.4, -0.2) is 108 Å². The molecule has 0 aromatic carbocycles. The van der Waals surface area contributed by atoms with E-state index in [0.717, 1.165) is 0 Å². The molecule has 0 saturated heterocycles. The van der Waals surface area contributed by atoms with Gasteiger partial charge in [0, 0.05) is 0 Å². The van der Waals surface area contributed by atoms with Crippen LogP contribution in [0.1, 0.15) is 0 Å². The van der Waals surface area contributed by atoms with Crippen molar-refractivity contribution in [2.75, 3.05) is 0 Å². The normalized spacial score (nSPS) is 5.14. The van der Waals surface area contributed by atoms with Crippen molar-refractivity contribution in [1.82, 2.24) is 0 Å². The molecule has 0 rings (SSSR count). The second-order valence-corrected chi connectivity index (χ2v) is 1.39. The monoisotopic (exact) mass is 336 g/mol. The Kier molecular flexibility index (Phi) is 139. The molecule has 12 nitrogen and oxygen atoms in total. The molecule has 0 radical (unpaired) electrons. The van der Waals surface area contributed by atoms with Gasteiger partial charge in [0.25, 0.3) is 0 Å². The summed E-state index contributed by atoms with van der Waals surface area (Å²) in [4.78, 5) is 0. The summed E-state index contributed by atoms with van der Waals surface area (Å²) in [6, 6.07) is 0. The van der Waals surface area contributed by atoms with E-state index in [1.54, 1.807) is 0 Å². The van der Waals surface area contributed by atoms with Gasteiger partial charge in [-0.15, -0.1) is 0 Å². The summed E-state index contributed by atoms with van der Waals surface area (Å²) >= 11 is 0. The van der Waals surface area contributed by atoms with Crippen molar-refractivity contribution in [2.24, 2.45) is 0 Å². The second-order valence-electron chi connectivity index (χ2n) is 1.39. The number of halogens is 4. The van der Waals surface area contributed by atoms with Gasteiger partial charge in [0.1, 0.15) is 0 Å². The quantitative estimate of drug-likeness (QED) is 0.146. The Morgan fingerprint density at radius 3 is 0.286 bits per heavy atom. The number of rotatable bonds is 0. The van der Waals surface area contributed by atoms with Gasteiger partial charge in [0.05, 0.1) is 0 Å². The molecule has 12 N–H and O–H groups in total. The van der Waals surface area contributed by atoms with E-state index in [1.807, 2.05) is 0 Å². The molecule has 0 aliphatic heterocycles. The van der Waals surface area contributed by atoms with E-state index in [9.17, 15) is 0 Å². The van der Waals surface area contributed by atoms with Crippen LogP contribution in [0, 0.1) is 0 Å². The predicted molar refractivity (Wildman–Crippen MR) is 66.8 cm³/mol. The van der Waals surface area contributed by atoms with E-state index in [1.165, 1.54) is 0 Å². The molecule has 0 amide bonds. The Balaban J connectivity index is -0.0000000121. The molecule has 0 unspecified atom stereocenters. The van der Waals surface area contributed by atoms with Crippen molar-refractivity contribution in [3.8, 4) is 0 Å². The van der Waals surface area contributed by atoms with E-state index in [0.29, 0.717) is 0 Å². The zero-order valence-electron chi connectivity index (χ0n) is 9.31. The molecule has 0 aromatic heterocycles. The maximum absolute atomic E-state index is 7.17. The summed E-state index contributed by atoms with van der Waals surface area (Å²) in [5.41, 5.74) is 0. The molecule has 0 heterocycles. The average molecular weight is 335 g/mol. The van der Waals surface area contributed by atoms with Gasteiger partial charge in [-0.2, -0.15) is 0 Å². The van der Waals surface area contributed by atoms with Gasteiger partial charge in [-0.05, 0) is 0 Å². The van der Waals surface area contributed by atoms with Crippen LogP contribution in [0.4, 0.5) is 18.8 Å². The molecular formula is H17B4F4LiO12. The first-order valence-corrected chi connectivity index (χ1v) is 3.10. The molecule has 0 atom stereocenters. The SMILES string of the molecule is F.F.F.F.OB(O)O.OB(O)O.OB(O)O.OB(O)O.[LiH]. The second kappa shape index (κ2) is 50.1. The Morgan fingerprint density at radius 2 is 0.286 bits per heavy atom. The molecule has 0 bridgehead atoms. The van der Waals surface area contributed by atoms with E-state index in [2.05, 4.69) is 0 Å². The van der Waals surface area contributed by atoms with Crippen LogP contribution in [-0.2, 0) is 0 Å². The van der Waals surface area contributed by atoms with Gasteiger partial charge in [-0.25, -0.2) is 0 Å². The zero-order chi connectivity index (χ0) is 14.3. The van der Waals surface area contributed by atoms with Gasteiger partial charge in [-0.1, -0.05) is 0 Å². The Bertz CT molecular complexity index is 76.2. The fraction of sp³-hybridized carbons (Fsp3) is 0. The van der Waals surface area contributed by atoms with Crippen molar-refractivity contribution in [3.05, 3.63) is 0 Å². The van der Waals surface area contributed by atoms with Crippen LogP contribution in [0.2, 0.25) is 0 Å². The van der Waals surface area contributed by atoms with Crippen LogP contribution in [0.3, 0.4) is 0 Å². The summed E-state index contributed by atoms with van der Waals surface area (Å²) in [6.45, 7) is 0. The summed E-state index contributed by atoms with van der Waals surface area (Å²) < 4.78 is 0. The molecule has 0 aromatic rings. The Hall–Kier alpha value is 0.0971. The molecule has 0 spiro atoms. The molecule has 130 valence electrons. The molecule has 0 aliphatic rings. The van der Waals surface area contributed by atoms with Crippen LogP contribution >= 0.6 is 0 Å². The molecule has 21 heteroatoms. The fourth-order valence-electron chi connectivity index (χ4n) is 0. The standard InChI is InChI=1S/4BH3O3.4FH.Li.H/c4*2-1(3)4;;;;;;/h4*2-4H;4*1H;;. The minimum atomic E-state index is -2.17. The average Bonchev–Trinajstić information content (AvgIpc) is 1.76. The first kappa shape index (κ1) is 58.2. The van der Waals surface area contributed by atoms with Gasteiger partial charge in [0.2, 0.25) is 0 Å². The van der Waals surface area contributed by atoms with Gasteiger partial charge in [-0.3, -0.25) is 18.8 Å². The minimum absolute atomic E-state index is 0. The molecule has 0 aliphatic carbocycles. The summed E-state index contributed by atoms with van der Waals surface area (Å²) in [6.07, 6.45) is 0. The summed E-state index contributed by atoms with van der Waals surface area (Å²) in [5.74, 6) is 0. The third kappa shape index (κ3) is 697000. The van der Waals surface area contributed by atoms with Gasteiger partial charge < -0.3 is 60.3 Å². The summed E-state index contributed by atoms with van der Waals surface area (Å²) in [7, 11) is -8.67. The molecular weight excluding hydrogens is 318 g/mol. The van der Waals surface area contributed by atoms with Gasteiger partial charge in [0.15, 0.2) is 0 Å². The Labute approximate surface area is 128 Å². The number of hydrogen-bond acceptors (Lipinski definition) is 12.